The van der Waals surface area contributed by atoms with Crippen molar-refractivity contribution in [2.75, 3.05) is 0 Å². The van der Waals surface area contributed by atoms with Gasteiger partial charge in [0.25, 0.3) is 0 Å². The van der Waals surface area contributed by atoms with Gasteiger partial charge in [-0.25, -0.2) is 0 Å². The van der Waals surface area contributed by atoms with E-state index in [4.69, 9.17) is 0 Å². The maximum absolute atomic E-state index is 13.7. The zero-order valence-electron chi connectivity index (χ0n) is 21.7. The van der Waals surface area contributed by atoms with Crippen molar-refractivity contribution in [1.82, 2.24) is 9.55 Å². The van der Waals surface area contributed by atoms with Crippen LogP contribution in [0.1, 0.15) is 11.1 Å². The molecule has 1 radical (unpaired) electrons. The quantitative estimate of drug-likeness (QED) is 0.166. The van der Waals surface area contributed by atoms with Gasteiger partial charge in [-0.15, -0.1) is 29.8 Å². The van der Waals surface area contributed by atoms with Crippen LogP contribution >= 0.6 is 0 Å². The van der Waals surface area contributed by atoms with Crippen molar-refractivity contribution < 1.29 is 24.5 Å². The van der Waals surface area contributed by atoms with E-state index in [2.05, 4.69) is 108 Å². The van der Waals surface area contributed by atoms with Crippen molar-refractivity contribution in [3.63, 3.8) is 0 Å². The number of halogens is 1. The first kappa shape index (κ1) is 26.5. The Balaban J connectivity index is 0.00000308. The Kier molecular flexibility index (Phi) is 7.69. The third-order valence-electron chi connectivity index (χ3n) is 6.73. The van der Waals surface area contributed by atoms with Gasteiger partial charge in [-0.1, -0.05) is 90.0 Å². The zero-order valence-corrected chi connectivity index (χ0v) is 24.0. The van der Waals surface area contributed by atoms with E-state index in [1.807, 2.05) is 18.3 Å². The van der Waals surface area contributed by atoms with Crippen molar-refractivity contribution in [1.29, 1.82) is 0 Å². The van der Waals surface area contributed by atoms with Crippen molar-refractivity contribution in [3.05, 3.63) is 145 Å². The molecular weight excluding hydrogens is 660 g/mol. The molecule has 0 bridgehead atoms. The van der Waals surface area contributed by atoms with Gasteiger partial charge in [-0.2, -0.15) is 0 Å². The molecule has 0 aliphatic rings. The molecule has 0 saturated carbocycles. The van der Waals surface area contributed by atoms with Crippen LogP contribution in [0.5, 0.6) is 0 Å². The fourth-order valence-electron chi connectivity index (χ4n) is 5.11. The van der Waals surface area contributed by atoms with E-state index in [1.165, 1.54) is 28.8 Å². The van der Waals surface area contributed by atoms with Gasteiger partial charge in [-0.3, -0.25) is 9.37 Å². The second-order valence-electron chi connectivity index (χ2n) is 9.57. The fraction of sp³-hybridized carbons (Fsp3) is 0.0571. The maximum atomic E-state index is 13.7. The van der Waals surface area contributed by atoms with Crippen molar-refractivity contribution >= 4 is 0 Å². The Morgan fingerprint density at radius 2 is 1.23 bits per heavy atom. The van der Waals surface area contributed by atoms with Crippen LogP contribution in [0.4, 0.5) is 4.39 Å². The summed E-state index contributed by atoms with van der Waals surface area (Å²) in [6, 6.07) is 39.7. The molecule has 193 valence electrons. The molecule has 0 spiro atoms. The molecule has 6 aromatic rings. The predicted molar refractivity (Wildman–Crippen MR) is 154 cm³/mol. The van der Waals surface area contributed by atoms with E-state index >= 15 is 0 Å². The molecule has 0 aliphatic heterocycles. The van der Waals surface area contributed by atoms with Gasteiger partial charge >= 0.3 is 0 Å². The van der Waals surface area contributed by atoms with Crippen LogP contribution in [-0.2, 0) is 20.1 Å². The van der Waals surface area contributed by atoms with Gasteiger partial charge in [-0.05, 0) is 48.2 Å². The summed E-state index contributed by atoms with van der Waals surface area (Å²) >= 11 is 0. The van der Waals surface area contributed by atoms with Crippen LogP contribution in [0.2, 0.25) is 0 Å². The molecule has 0 N–H and O–H groups in total. The van der Waals surface area contributed by atoms with Crippen LogP contribution in [0.15, 0.2) is 122 Å². The Labute approximate surface area is 242 Å². The average Bonchev–Trinajstić information content (AvgIpc) is 3.43. The van der Waals surface area contributed by atoms with Crippen LogP contribution < -0.4 is 0 Å². The molecule has 1 heterocycles. The molecular formula is C35H26FIrN2-. The normalized spacial score (nSPS) is 10.7. The van der Waals surface area contributed by atoms with Crippen molar-refractivity contribution in [3.8, 4) is 50.5 Å². The zero-order chi connectivity index (χ0) is 26.1. The van der Waals surface area contributed by atoms with Crippen LogP contribution in [0.3, 0.4) is 0 Å². The molecule has 0 atom stereocenters. The van der Waals surface area contributed by atoms with Crippen molar-refractivity contribution in [2.45, 2.75) is 13.8 Å². The minimum absolute atomic E-state index is 0. The minimum Gasteiger partial charge on any atom is -0.339 e. The Bertz CT molecular complexity index is 1640. The number of benzene rings is 5. The second-order valence-corrected chi connectivity index (χ2v) is 9.57. The molecule has 0 aliphatic carbocycles. The van der Waals surface area contributed by atoms with E-state index in [1.54, 1.807) is 12.3 Å². The van der Waals surface area contributed by atoms with Gasteiger partial charge in [0.15, 0.2) is 0 Å². The van der Waals surface area contributed by atoms with Gasteiger partial charge < -0.3 is 4.57 Å². The first-order valence-corrected chi connectivity index (χ1v) is 12.7. The van der Waals surface area contributed by atoms with Gasteiger partial charge in [0, 0.05) is 49.4 Å². The summed E-state index contributed by atoms with van der Waals surface area (Å²) in [6.07, 6.45) is 3.76. The third-order valence-corrected chi connectivity index (χ3v) is 6.73. The summed E-state index contributed by atoms with van der Waals surface area (Å²) in [5.41, 5.74) is 10.9. The smallest absolute Gasteiger partial charge is 0.0603 e. The minimum atomic E-state index is -0.320. The number of hydrogen-bond donors (Lipinski definition) is 0. The Morgan fingerprint density at radius 1 is 0.667 bits per heavy atom. The predicted octanol–water partition coefficient (Wildman–Crippen LogP) is 9.09. The Hall–Kier alpha value is -4.11. The third kappa shape index (κ3) is 5.40. The summed E-state index contributed by atoms with van der Waals surface area (Å²) < 4.78 is 15.8. The van der Waals surface area contributed by atoms with Gasteiger partial charge in [0.2, 0.25) is 0 Å². The maximum Gasteiger partial charge on any atom is 0.0603 e. The standard InChI is InChI=1S/C35H26FN2.Ir/c1-24-19-25(2)21-29(20-24)30-22-32(26-9-5-3-6-10-26)34(33(23-30)27-11-7-4-8-12-27)38-18-17-37-35(38)28-13-15-31(36)16-14-28;/h3-13,15-23H,1-2H3;/q-1;. The van der Waals surface area contributed by atoms with E-state index in [9.17, 15) is 4.39 Å². The topological polar surface area (TPSA) is 17.8 Å². The molecule has 39 heavy (non-hydrogen) atoms. The van der Waals surface area contributed by atoms with Gasteiger partial charge in [0.05, 0.1) is 11.5 Å². The summed E-state index contributed by atoms with van der Waals surface area (Å²) in [7, 11) is 0. The molecule has 0 amide bonds. The molecule has 4 heteroatoms. The molecule has 6 rings (SSSR count). The Morgan fingerprint density at radius 3 is 1.77 bits per heavy atom. The number of rotatable bonds is 5. The van der Waals surface area contributed by atoms with Crippen LogP contribution in [0, 0.1) is 25.7 Å². The number of aromatic nitrogens is 2. The second kappa shape index (κ2) is 11.3. The molecule has 2 nitrogen and oxygen atoms in total. The van der Waals surface area contributed by atoms with E-state index in [0.717, 1.165) is 39.1 Å². The number of imidazole rings is 1. The summed E-state index contributed by atoms with van der Waals surface area (Å²) in [5, 5.41) is 0. The molecule has 0 fully saturated rings. The van der Waals surface area contributed by atoms with E-state index in [-0.39, 0.29) is 25.9 Å². The molecule has 5 aromatic carbocycles. The molecule has 0 saturated heterocycles. The van der Waals surface area contributed by atoms with Crippen LogP contribution in [0.25, 0.3) is 50.5 Å². The number of hydrogen-bond acceptors (Lipinski definition) is 1. The monoisotopic (exact) mass is 686 g/mol. The fourth-order valence-corrected chi connectivity index (χ4v) is 5.11. The van der Waals surface area contributed by atoms with Gasteiger partial charge in [0.1, 0.15) is 0 Å². The largest absolute Gasteiger partial charge is 0.339 e. The summed E-state index contributed by atoms with van der Waals surface area (Å²) in [6.45, 7) is 4.27. The molecule has 0 unspecified atom stereocenters. The SMILES string of the molecule is Cc1cc(C)cc(-c2cc(-c3ccccc3)c(-n3ccnc3-c3[c-]cc(F)cc3)c(-c3ccccc3)c2)c1.[Ir]. The average molecular weight is 686 g/mol. The summed E-state index contributed by atoms with van der Waals surface area (Å²) in [5.74, 6) is 0.387. The summed E-state index contributed by atoms with van der Waals surface area (Å²) in [4.78, 5) is 4.68. The van der Waals surface area contributed by atoms with E-state index in [0.29, 0.717) is 5.82 Å². The van der Waals surface area contributed by atoms with Crippen LogP contribution in [-0.4, -0.2) is 9.55 Å². The number of nitrogens with zero attached hydrogens (tertiary/aromatic N) is 2. The molecule has 1 aromatic heterocycles. The number of aryl methyl sites for hydroxylation is 2. The first-order valence-electron chi connectivity index (χ1n) is 12.7. The van der Waals surface area contributed by atoms with Crippen molar-refractivity contribution in [2.24, 2.45) is 0 Å². The first-order chi connectivity index (χ1) is 18.6. The van der Waals surface area contributed by atoms with E-state index < -0.39 is 0 Å².